The van der Waals surface area contributed by atoms with E-state index in [4.69, 9.17) is 11.6 Å². The zero-order chi connectivity index (χ0) is 21.6. The normalized spacial score (nSPS) is 18.8. The second-order valence-corrected chi connectivity index (χ2v) is 8.22. The Kier molecular flexibility index (Phi) is 6.72. The SMILES string of the molecule is O=C(NCC(=O)N1CCC(Nc2ccccc2Cl)CC1)C1=NNC(c2ccccc2)C1. The summed E-state index contributed by atoms with van der Waals surface area (Å²) in [4.78, 5) is 26.8. The first-order chi connectivity index (χ1) is 15.1. The summed E-state index contributed by atoms with van der Waals surface area (Å²) in [5.41, 5.74) is 5.42. The van der Waals surface area contributed by atoms with Crippen LogP contribution in [-0.4, -0.2) is 48.1 Å². The van der Waals surface area contributed by atoms with Gasteiger partial charge in [-0.2, -0.15) is 5.10 Å². The number of likely N-dealkylation sites (tertiary alicyclic amines) is 1. The Morgan fingerprint density at radius 1 is 1.06 bits per heavy atom. The summed E-state index contributed by atoms with van der Waals surface area (Å²) in [5, 5.41) is 11.0. The molecule has 2 aliphatic heterocycles. The van der Waals surface area contributed by atoms with E-state index in [1.165, 1.54) is 0 Å². The van der Waals surface area contributed by atoms with Gasteiger partial charge in [-0.1, -0.05) is 54.1 Å². The molecular formula is C23H26ClN5O2. The molecule has 162 valence electrons. The predicted molar refractivity (Wildman–Crippen MR) is 122 cm³/mol. The molecule has 2 amide bonds. The number of nitrogens with one attached hydrogen (secondary N) is 3. The van der Waals surface area contributed by atoms with E-state index in [9.17, 15) is 9.59 Å². The number of carbonyl (C=O) groups excluding carboxylic acids is 2. The van der Waals surface area contributed by atoms with Crippen molar-refractivity contribution >= 4 is 34.8 Å². The zero-order valence-electron chi connectivity index (χ0n) is 17.2. The molecule has 0 saturated carbocycles. The smallest absolute Gasteiger partial charge is 0.267 e. The lowest BCUT2D eigenvalue weighted by molar-refractivity contribution is -0.132. The van der Waals surface area contributed by atoms with Crippen LogP contribution >= 0.6 is 11.6 Å². The number of benzene rings is 2. The third-order valence-corrected chi connectivity index (χ3v) is 6.03. The molecule has 1 fully saturated rings. The van der Waals surface area contributed by atoms with Gasteiger partial charge in [0.25, 0.3) is 5.91 Å². The number of hydrogen-bond donors (Lipinski definition) is 3. The van der Waals surface area contributed by atoms with Crippen molar-refractivity contribution in [2.45, 2.75) is 31.3 Å². The minimum Gasteiger partial charge on any atom is -0.381 e. The third-order valence-electron chi connectivity index (χ3n) is 5.70. The summed E-state index contributed by atoms with van der Waals surface area (Å²) < 4.78 is 0. The van der Waals surface area contributed by atoms with E-state index in [1.807, 2.05) is 54.6 Å². The highest BCUT2D eigenvalue weighted by Crippen LogP contribution is 2.24. The van der Waals surface area contributed by atoms with Crippen molar-refractivity contribution < 1.29 is 9.59 Å². The van der Waals surface area contributed by atoms with Crippen molar-refractivity contribution in [2.75, 3.05) is 25.0 Å². The maximum absolute atomic E-state index is 12.5. The van der Waals surface area contributed by atoms with Crippen LogP contribution in [0.25, 0.3) is 0 Å². The van der Waals surface area contributed by atoms with Crippen LogP contribution in [0.15, 0.2) is 59.7 Å². The molecule has 1 saturated heterocycles. The highest BCUT2D eigenvalue weighted by Gasteiger charge is 2.27. The van der Waals surface area contributed by atoms with Crippen LogP contribution in [0.2, 0.25) is 5.02 Å². The Morgan fingerprint density at radius 2 is 1.77 bits per heavy atom. The van der Waals surface area contributed by atoms with Crippen molar-refractivity contribution in [1.29, 1.82) is 0 Å². The first-order valence-electron chi connectivity index (χ1n) is 10.5. The fraction of sp³-hybridized carbons (Fsp3) is 0.348. The Bertz CT molecular complexity index is 957. The van der Waals surface area contributed by atoms with Crippen molar-refractivity contribution in [1.82, 2.24) is 15.6 Å². The fourth-order valence-corrected chi connectivity index (χ4v) is 4.09. The van der Waals surface area contributed by atoms with Crippen molar-refractivity contribution in [2.24, 2.45) is 5.10 Å². The first-order valence-corrected chi connectivity index (χ1v) is 10.9. The molecule has 0 bridgehead atoms. The summed E-state index contributed by atoms with van der Waals surface area (Å²) in [6.07, 6.45) is 2.17. The lowest BCUT2D eigenvalue weighted by Crippen LogP contribution is -2.47. The van der Waals surface area contributed by atoms with Gasteiger partial charge in [-0.15, -0.1) is 0 Å². The number of carbonyl (C=O) groups is 2. The molecule has 0 spiro atoms. The van der Waals surface area contributed by atoms with Crippen LogP contribution in [0.1, 0.15) is 30.9 Å². The Hall–Kier alpha value is -3.06. The molecule has 1 unspecified atom stereocenters. The molecule has 2 aromatic carbocycles. The Balaban J connectivity index is 1.19. The number of anilines is 1. The Labute approximate surface area is 186 Å². The van der Waals surface area contributed by atoms with Gasteiger partial charge in [0.1, 0.15) is 5.71 Å². The molecule has 3 N–H and O–H groups in total. The molecule has 0 aliphatic carbocycles. The molecule has 2 aromatic rings. The van der Waals surface area contributed by atoms with Gasteiger partial charge in [-0.25, -0.2) is 0 Å². The third kappa shape index (κ3) is 5.35. The van der Waals surface area contributed by atoms with Gasteiger partial charge in [0, 0.05) is 25.6 Å². The van der Waals surface area contributed by atoms with E-state index >= 15 is 0 Å². The molecule has 2 aliphatic rings. The molecule has 4 rings (SSSR count). The van der Waals surface area contributed by atoms with Crippen molar-refractivity contribution in [3.05, 3.63) is 65.2 Å². The molecule has 2 heterocycles. The second-order valence-electron chi connectivity index (χ2n) is 7.82. The highest BCUT2D eigenvalue weighted by atomic mass is 35.5. The monoisotopic (exact) mass is 439 g/mol. The molecule has 0 aromatic heterocycles. The van der Waals surface area contributed by atoms with Crippen LogP contribution in [0.3, 0.4) is 0 Å². The van der Waals surface area contributed by atoms with Crippen LogP contribution in [0.5, 0.6) is 0 Å². The van der Waals surface area contributed by atoms with E-state index in [-0.39, 0.29) is 30.4 Å². The average Bonchev–Trinajstić information content (AvgIpc) is 3.30. The van der Waals surface area contributed by atoms with Gasteiger partial charge < -0.3 is 21.0 Å². The number of amides is 2. The summed E-state index contributed by atoms with van der Waals surface area (Å²) >= 11 is 6.21. The van der Waals surface area contributed by atoms with Crippen molar-refractivity contribution in [3.63, 3.8) is 0 Å². The molecule has 7 nitrogen and oxygen atoms in total. The lowest BCUT2D eigenvalue weighted by atomic mass is 10.0. The van der Waals surface area contributed by atoms with E-state index in [2.05, 4.69) is 21.2 Å². The van der Waals surface area contributed by atoms with E-state index < -0.39 is 0 Å². The van der Waals surface area contributed by atoms with Gasteiger partial charge in [0.05, 0.1) is 23.3 Å². The lowest BCUT2D eigenvalue weighted by Gasteiger charge is -2.33. The highest BCUT2D eigenvalue weighted by molar-refractivity contribution is 6.39. The average molecular weight is 440 g/mol. The molecule has 1 atom stereocenters. The minimum atomic E-state index is -0.297. The van der Waals surface area contributed by atoms with Crippen LogP contribution in [0.4, 0.5) is 5.69 Å². The maximum Gasteiger partial charge on any atom is 0.267 e. The van der Waals surface area contributed by atoms with E-state index in [0.29, 0.717) is 30.2 Å². The predicted octanol–water partition coefficient (Wildman–Crippen LogP) is 2.95. The quantitative estimate of drug-likeness (QED) is 0.646. The molecular weight excluding hydrogens is 414 g/mol. The number of piperidine rings is 1. The number of nitrogens with zero attached hydrogens (tertiary/aromatic N) is 2. The topological polar surface area (TPSA) is 85.8 Å². The van der Waals surface area contributed by atoms with Gasteiger partial charge >= 0.3 is 0 Å². The van der Waals surface area contributed by atoms with Gasteiger partial charge in [0.15, 0.2) is 0 Å². The molecule has 8 heteroatoms. The number of hydrazone groups is 1. The number of rotatable bonds is 6. The summed E-state index contributed by atoms with van der Waals surface area (Å²) in [7, 11) is 0. The van der Waals surface area contributed by atoms with Crippen LogP contribution < -0.4 is 16.1 Å². The number of hydrogen-bond acceptors (Lipinski definition) is 5. The largest absolute Gasteiger partial charge is 0.381 e. The fourth-order valence-electron chi connectivity index (χ4n) is 3.90. The van der Waals surface area contributed by atoms with Crippen molar-refractivity contribution in [3.8, 4) is 0 Å². The van der Waals surface area contributed by atoms with Gasteiger partial charge in [-0.3, -0.25) is 9.59 Å². The number of halogens is 1. The van der Waals surface area contributed by atoms with Crippen LogP contribution in [0, 0.1) is 0 Å². The van der Waals surface area contributed by atoms with Crippen LogP contribution in [-0.2, 0) is 9.59 Å². The number of para-hydroxylation sites is 1. The summed E-state index contributed by atoms with van der Waals surface area (Å²) in [6.45, 7) is 1.28. The zero-order valence-corrected chi connectivity index (χ0v) is 17.9. The standard InChI is InChI=1S/C23H26ClN5O2/c24-18-8-4-5-9-19(18)26-17-10-12-29(13-11-17)22(30)15-25-23(31)21-14-20(27-28-21)16-6-2-1-3-7-16/h1-9,17,20,26-27H,10-15H2,(H,25,31). The molecule has 31 heavy (non-hydrogen) atoms. The first kappa shape index (κ1) is 21.2. The van der Waals surface area contributed by atoms with Gasteiger partial charge in [0.2, 0.25) is 5.91 Å². The van der Waals surface area contributed by atoms with E-state index in [1.54, 1.807) is 4.90 Å². The second kappa shape index (κ2) is 9.83. The maximum atomic E-state index is 12.5. The summed E-state index contributed by atoms with van der Waals surface area (Å²) in [5.74, 6) is -0.370. The Morgan fingerprint density at radius 3 is 2.52 bits per heavy atom. The van der Waals surface area contributed by atoms with E-state index in [0.717, 1.165) is 24.1 Å². The summed E-state index contributed by atoms with van der Waals surface area (Å²) in [6, 6.07) is 17.8. The molecule has 0 radical (unpaired) electrons. The van der Waals surface area contributed by atoms with Gasteiger partial charge in [-0.05, 0) is 30.5 Å². The minimum absolute atomic E-state index is 0.0118.